The lowest BCUT2D eigenvalue weighted by molar-refractivity contribution is 0.100. The Kier molecular flexibility index (Phi) is 6.79. The fourth-order valence-corrected chi connectivity index (χ4v) is 4.31. The largest absolute Gasteiger partial charge is 0.380 e. The van der Waals surface area contributed by atoms with Gasteiger partial charge in [-0.25, -0.2) is 4.98 Å². The Balaban J connectivity index is 1.48. The summed E-state index contributed by atoms with van der Waals surface area (Å²) >= 11 is 0. The fraction of sp³-hybridized carbons (Fsp3) is 0.308. The van der Waals surface area contributed by atoms with Gasteiger partial charge in [-0.2, -0.15) is 0 Å². The maximum atomic E-state index is 11.9. The topological polar surface area (TPSA) is 95.3 Å². The van der Waals surface area contributed by atoms with Gasteiger partial charge >= 0.3 is 0 Å². The summed E-state index contributed by atoms with van der Waals surface area (Å²) < 4.78 is 0. The van der Waals surface area contributed by atoms with Gasteiger partial charge < -0.3 is 26.6 Å². The van der Waals surface area contributed by atoms with E-state index in [1.165, 1.54) is 17.4 Å². The van der Waals surface area contributed by atoms with Crippen LogP contribution in [-0.2, 0) is 6.54 Å². The number of pyridine rings is 1. The van der Waals surface area contributed by atoms with Crippen LogP contribution in [0, 0.1) is 6.92 Å². The number of piperazine rings is 1. The van der Waals surface area contributed by atoms with Crippen molar-refractivity contribution in [2.75, 3.05) is 28.6 Å². The highest BCUT2D eigenvalue weighted by atomic mass is 16.1. The number of anilines is 4. The third kappa shape index (κ3) is 5.62. The highest BCUT2D eigenvalue weighted by molar-refractivity contribution is 5.98. The number of hydrogen-bond donors (Lipinski definition) is 4. The summed E-state index contributed by atoms with van der Waals surface area (Å²) in [6.07, 6.45) is 1.52. The van der Waals surface area contributed by atoms with Crippen LogP contribution in [0.5, 0.6) is 0 Å². The molecule has 5 N–H and O–H groups in total. The second-order valence-corrected chi connectivity index (χ2v) is 8.81. The average molecular weight is 445 g/mol. The van der Waals surface area contributed by atoms with Gasteiger partial charge in [0.15, 0.2) is 0 Å². The molecule has 1 aliphatic heterocycles. The number of nitrogens with one attached hydrogen (secondary N) is 3. The smallest absolute Gasteiger partial charge is 0.252 e. The monoisotopic (exact) mass is 444 g/mol. The Labute approximate surface area is 195 Å². The van der Waals surface area contributed by atoms with Crippen molar-refractivity contribution in [3.8, 4) is 0 Å². The average Bonchev–Trinajstić information content (AvgIpc) is 2.78. The van der Waals surface area contributed by atoms with Gasteiger partial charge in [0.2, 0.25) is 0 Å². The summed E-state index contributed by atoms with van der Waals surface area (Å²) in [7, 11) is 0. The molecule has 4 rings (SSSR count). The minimum atomic E-state index is -0.509. The van der Waals surface area contributed by atoms with E-state index in [2.05, 4.69) is 83.0 Å². The molecular weight excluding hydrogens is 412 g/mol. The number of carbonyl (C=O) groups is 1. The summed E-state index contributed by atoms with van der Waals surface area (Å²) in [6, 6.07) is 19.3. The number of aryl methyl sites for hydroxylation is 1. The molecule has 0 spiro atoms. The summed E-state index contributed by atoms with van der Waals surface area (Å²) in [6.45, 7) is 9.06. The number of primary amides is 1. The van der Waals surface area contributed by atoms with Crippen LogP contribution in [-0.4, -0.2) is 36.1 Å². The van der Waals surface area contributed by atoms with E-state index in [4.69, 9.17) is 5.73 Å². The molecule has 0 saturated carbocycles. The van der Waals surface area contributed by atoms with E-state index in [0.29, 0.717) is 35.7 Å². The maximum absolute atomic E-state index is 11.9. The third-order valence-electron chi connectivity index (χ3n) is 5.96. The molecular formula is C26H32N6O. The number of benzene rings is 2. The predicted octanol–water partition coefficient (Wildman–Crippen LogP) is 4.03. The van der Waals surface area contributed by atoms with Crippen LogP contribution in [0.15, 0.2) is 60.8 Å². The zero-order valence-electron chi connectivity index (χ0n) is 19.4. The van der Waals surface area contributed by atoms with Gasteiger partial charge in [-0.15, -0.1) is 0 Å². The Morgan fingerprint density at radius 2 is 1.82 bits per heavy atom. The predicted molar refractivity (Wildman–Crippen MR) is 135 cm³/mol. The lowest BCUT2D eigenvalue weighted by Crippen LogP contribution is -2.54. The van der Waals surface area contributed by atoms with E-state index in [1.807, 2.05) is 18.2 Å². The zero-order valence-corrected chi connectivity index (χ0v) is 19.4. The molecule has 2 heterocycles. The van der Waals surface area contributed by atoms with Crippen molar-refractivity contribution in [3.05, 3.63) is 77.5 Å². The van der Waals surface area contributed by atoms with Crippen molar-refractivity contribution in [2.24, 2.45) is 5.73 Å². The highest BCUT2D eigenvalue weighted by Crippen LogP contribution is 2.25. The summed E-state index contributed by atoms with van der Waals surface area (Å²) in [5, 5.41) is 10.2. The molecule has 3 aromatic rings. The van der Waals surface area contributed by atoms with E-state index < -0.39 is 5.91 Å². The van der Waals surface area contributed by atoms with Gasteiger partial charge in [0, 0.05) is 55.4 Å². The normalized spacial score (nSPS) is 18.1. The molecule has 0 radical (unpaired) electrons. The molecule has 7 nitrogen and oxygen atoms in total. The minimum Gasteiger partial charge on any atom is -0.380 e. The molecule has 1 fully saturated rings. The lowest BCUT2D eigenvalue weighted by atomic mass is 10.1. The fourth-order valence-electron chi connectivity index (χ4n) is 4.31. The number of carbonyl (C=O) groups excluding carboxylic acids is 1. The van der Waals surface area contributed by atoms with Crippen LogP contribution in [0.1, 0.15) is 35.3 Å². The number of aromatic nitrogens is 1. The van der Waals surface area contributed by atoms with Gasteiger partial charge in [0.25, 0.3) is 5.91 Å². The standard InChI is InChI=1S/C26H32N6O/c1-17-6-4-5-7-20(17)13-28-24-12-25(29-14-23(24)26(27)33)31-21-8-10-22(11-9-21)32-15-18(2)30-19(3)16-32/h4-12,14,18-19,30H,13,15-16H2,1-3H3,(H2,27,33)(H2,28,29,31). The number of nitrogens with zero attached hydrogens (tertiary/aromatic N) is 2. The Bertz CT molecular complexity index is 1100. The van der Waals surface area contributed by atoms with E-state index in [-0.39, 0.29) is 0 Å². The quantitative estimate of drug-likeness (QED) is 0.439. The van der Waals surface area contributed by atoms with E-state index in [1.54, 1.807) is 0 Å². The van der Waals surface area contributed by atoms with Gasteiger partial charge in [-0.3, -0.25) is 4.79 Å². The van der Waals surface area contributed by atoms with Crippen molar-refractivity contribution < 1.29 is 4.79 Å². The van der Waals surface area contributed by atoms with E-state index in [0.717, 1.165) is 24.3 Å². The SMILES string of the molecule is Cc1ccccc1CNc1cc(Nc2ccc(N3CC(C)NC(C)C3)cc2)ncc1C(N)=O. The molecule has 7 heteroatoms. The Morgan fingerprint density at radius 1 is 1.12 bits per heavy atom. The first-order valence-corrected chi connectivity index (χ1v) is 11.4. The minimum absolute atomic E-state index is 0.367. The molecule has 2 unspecified atom stereocenters. The van der Waals surface area contributed by atoms with Gasteiger partial charge in [-0.05, 0) is 56.2 Å². The molecule has 0 aliphatic carbocycles. The molecule has 33 heavy (non-hydrogen) atoms. The van der Waals surface area contributed by atoms with Crippen molar-refractivity contribution >= 4 is 28.8 Å². The third-order valence-corrected chi connectivity index (χ3v) is 5.96. The molecule has 2 aromatic carbocycles. The first kappa shape index (κ1) is 22.6. The van der Waals surface area contributed by atoms with Crippen LogP contribution < -0.4 is 26.6 Å². The van der Waals surface area contributed by atoms with Crippen molar-refractivity contribution in [1.29, 1.82) is 0 Å². The summed E-state index contributed by atoms with van der Waals surface area (Å²) in [5.41, 5.74) is 11.1. The van der Waals surface area contributed by atoms with E-state index >= 15 is 0 Å². The number of amides is 1. The second kappa shape index (κ2) is 9.92. The van der Waals surface area contributed by atoms with Crippen LogP contribution in [0.25, 0.3) is 0 Å². The van der Waals surface area contributed by atoms with Crippen molar-refractivity contribution in [3.63, 3.8) is 0 Å². The molecule has 172 valence electrons. The number of nitrogens with two attached hydrogens (primary N) is 1. The highest BCUT2D eigenvalue weighted by Gasteiger charge is 2.21. The first-order valence-electron chi connectivity index (χ1n) is 11.4. The van der Waals surface area contributed by atoms with Gasteiger partial charge in [-0.1, -0.05) is 24.3 Å². The maximum Gasteiger partial charge on any atom is 0.252 e. The Hall–Kier alpha value is -3.58. The zero-order chi connectivity index (χ0) is 23.4. The molecule has 1 aliphatic rings. The summed E-state index contributed by atoms with van der Waals surface area (Å²) in [4.78, 5) is 18.7. The first-order chi connectivity index (χ1) is 15.9. The molecule has 1 aromatic heterocycles. The van der Waals surface area contributed by atoms with Crippen molar-refractivity contribution in [1.82, 2.24) is 10.3 Å². The summed E-state index contributed by atoms with van der Waals surface area (Å²) in [5.74, 6) is 0.134. The second-order valence-electron chi connectivity index (χ2n) is 8.81. The lowest BCUT2D eigenvalue weighted by Gasteiger charge is -2.37. The van der Waals surface area contributed by atoms with Crippen LogP contribution >= 0.6 is 0 Å². The molecule has 1 saturated heterocycles. The number of rotatable bonds is 7. The number of hydrogen-bond acceptors (Lipinski definition) is 6. The molecule has 0 bridgehead atoms. The van der Waals surface area contributed by atoms with Gasteiger partial charge in [0.1, 0.15) is 5.82 Å². The van der Waals surface area contributed by atoms with Crippen molar-refractivity contribution in [2.45, 2.75) is 39.4 Å². The Morgan fingerprint density at radius 3 is 2.48 bits per heavy atom. The van der Waals surface area contributed by atoms with E-state index in [9.17, 15) is 4.79 Å². The van der Waals surface area contributed by atoms with Gasteiger partial charge in [0.05, 0.1) is 11.3 Å². The molecule has 2 atom stereocenters. The molecule has 1 amide bonds. The van der Waals surface area contributed by atoms with Crippen LogP contribution in [0.4, 0.5) is 22.9 Å². The van der Waals surface area contributed by atoms with Crippen LogP contribution in [0.2, 0.25) is 0 Å². The van der Waals surface area contributed by atoms with Crippen LogP contribution in [0.3, 0.4) is 0 Å².